The summed E-state index contributed by atoms with van der Waals surface area (Å²) in [5.41, 5.74) is -0.0528. The van der Waals surface area contributed by atoms with E-state index in [9.17, 15) is 24.0 Å². The van der Waals surface area contributed by atoms with Crippen LogP contribution >= 0.6 is 0 Å². The molecule has 264 valence electrons. The van der Waals surface area contributed by atoms with E-state index in [4.69, 9.17) is 14.2 Å². The van der Waals surface area contributed by atoms with E-state index in [1.54, 1.807) is 18.0 Å². The van der Waals surface area contributed by atoms with Crippen molar-refractivity contribution in [2.75, 3.05) is 40.1 Å². The first-order valence-electron chi connectivity index (χ1n) is 16.5. The Bertz CT molecular complexity index is 1200. The molecule has 1 aromatic rings. The Balaban J connectivity index is 1.30. The number of methoxy groups -OCH3 is 1. The van der Waals surface area contributed by atoms with Crippen LogP contribution in [0.1, 0.15) is 78.8 Å². The van der Waals surface area contributed by atoms with E-state index in [0.717, 1.165) is 25.7 Å². The number of nitrogens with one attached hydrogen (secondary N) is 3. The third kappa shape index (κ3) is 12.9. The quantitative estimate of drug-likeness (QED) is 0.180. The summed E-state index contributed by atoms with van der Waals surface area (Å²) in [6.07, 6.45) is 5.21. The zero-order chi connectivity index (χ0) is 34.6. The van der Waals surface area contributed by atoms with Gasteiger partial charge in [-0.05, 0) is 58.3 Å². The summed E-state index contributed by atoms with van der Waals surface area (Å²) in [7, 11) is 1.58. The number of aromatic nitrogens is 3. The van der Waals surface area contributed by atoms with Crippen LogP contribution in [0.2, 0.25) is 0 Å². The van der Waals surface area contributed by atoms with Gasteiger partial charge in [0.05, 0.1) is 50.2 Å². The molecule has 15 heteroatoms. The Morgan fingerprint density at radius 2 is 1.68 bits per heavy atom. The summed E-state index contributed by atoms with van der Waals surface area (Å²) >= 11 is 0. The summed E-state index contributed by atoms with van der Waals surface area (Å²) in [4.78, 5) is 62.5. The number of hydrogen-bond donors (Lipinski definition) is 3. The van der Waals surface area contributed by atoms with Crippen LogP contribution in [0.25, 0.3) is 0 Å². The maximum Gasteiger partial charge on any atom is 0.246 e. The SMILES string of the molecule is COCC(NC(=O)COCC(=O)NC(C)(C)COC(C)Cn1cc(CNC(=O)C2CCC(CN3C(=O)CCC3=O)CC2)nn1)C(C)C. The van der Waals surface area contributed by atoms with Crippen molar-refractivity contribution in [2.24, 2.45) is 17.8 Å². The van der Waals surface area contributed by atoms with Crippen molar-refractivity contribution in [3.8, 4) is 0 Å². The van der Waals surface area contributed by atoms with Crippen LogP contribution in [0.3, 0.4) is 0 Å². The summed E-state index contributed by atoms with van der Waals surface area (Å²) in [5, 5.41) is 17.0. The molecule has 0 radical (unpaired) electrons. The number of amides is 5. The minimum atomic E-state index is -0.682. The van der Waals surface area contributed by atoms with Crippen molar-refractivity contribution in [3.05, 3.63) is 11.9 Å². The molecule has 2 fully saturated rings. The van der Waals surface area contributed by atoms with Crippen molar-refractivity contribution in [3.63, 3.8) is 0 Å². The number of rotatable bonds is 19. The highest BCUT2D eigenvalue weighted by atomic mass is 16.5. The second-order valence-electron chi connectivity index (χ2n) is 13.7. The number of likely N-dealkylation sites (tertiary alicyclic amines) is 1. The first-order valence-corrected chi connectivity index (χ1v) is 16.5. The van der Waals surface area contributed by atoms with Gasteiger partial charge >= 0.3 is 0 Å². The maximum absolute atomic E-state index is 12.8. The van der Waals surface area contributed by atoms with E-state index in [0.29, 0.717) is 38.2 Å². The predicted octanol–water partition coefficient (Wildman–Crippen LogP) is 0.953. The lowest BCUT2D eigenvalue weighted by atomic mass is 9.81. The Labute approximate surface area is 277 Å². The molecular formula is C32H53N7O8. The lowest BCUT2D eigenvalue weighted by molar-refractivity contribution is -0.140. The number of nitrogens with zero attached hydrogens (tertiary/aromatic N) is 4. The topological polar surface area (TPSA) is 183 Å². The molecule has 5 amide bonds. The third-order valence-corrected chi connectivity index (χ3v) is 8.46. The van der Waals surface area contributed by atoms with E-state index in [2.05, 4.69) is 26.3 Å². The molecule has 1 aliphatic heterocycles. The molecule has 1 saturated carbocycles. The van der Waals surface area contributed by atoms with Gasteiger partial charge in [-0.2, -0.15) is 0 Å². The first kappa shape index (κ1) is 38.0. The van der Waals surface area contributed by atoms with E-state index < -0.39 is 5.54 Å². The molecule has 2 aliphatic rings. The van der Waals surface area contributed by atoms with Gasteiger partial charge in [0.2, 0.25) is 29.5 Å². The predicted molar refractivity (Wildman–Crippen MR) is 170 cm³/mol. The molecule has 1 aliphatic carbocycles. The van der Waals surface area contributed by atoms with Gasteiger partial charge in [-0.1, -0.05) is 19.1 Å². The summed E-state index contributed by atoms with van der Waals surface area (Å²) in [5.74, 6) is -0.519. The summed E-state index contributed by atoms with van der Waals surface area (Å²) in [6, 6.07) is -0.134. The fourth-order valence-corrected chi connectivity index (χ4v) is 5.70. The van der Waals surface area contributed by atoms with Gasteiger partial charge in [0.1, 0.15) is 18.9 Å². The van der Waals surface area contributed by atoms with Crippen LogP contribution in [-0.2, 0) is 51.3 Å². The largest absolute Gasteiger partial charge is 0.383 e. The fraction of sp³-hybridized carbons (Fsp3) is 0.781. The highest BCUT2D eigenvalue weighted by molar-refractivity contribution is 6.01. The van der Waals surface area contributed by atoms with E-state index in [1.807, 2.05) is 34.6 Å². The average Bonchev–Trinajstić information content (AvgIpc) is 3.59. The smallest absolute Gasteiger partial charge is 0.246 e. The number of ether oxygens (including phenoxy) is 3. The second-order valence-corrected chi connectivity index (χ2v) is 13.7. The summed E-state index contributed by atoms with van der Waals surface area (Å²) in [6.45, 7) is 10.8. The third-order valence-electron chi connectivity index (χ3n) is 8.46. The standard InChI is InChI=1S/C32H53N7O8/c1-21(2)26(17-45-6)34-27(40)18-46-19-28(41)35-32(4,5)20-47-22(3)14-38-16-25(36-37-38)13-33-31(44)24-9-7-23(8-10-24)15-39-29(42)11-12-30(39)43/h16,21-24,26H,7-15,17-20H2,1-6H3,(H,33,44)(H,34,40)(H,35,41). The normalized spacial score (nSPS) is 19.9. The van der Waals surface area contributed by atoms with E-state index >= 15 is 0 Å². The van der Waals surface area contributed by atoms with Gasteiger partial charge in [-0.3, -0.25) is 28.9 Å². The van der Waals surface area contributed by atoms with Gasteiger partial charge in [-0.25, -0.2) is 4.68 Å². The van der Waals surface area contributed by atoms with Crippen molar-refractivity contribution in [1.29, 1.82) is 0 Å². The molecule has 1 aromatic heterocycles. The Morgan fingerprint density at radius 1 is 1.02 bits per heavy atom. The van der Waals surface area contributed by atoms with Crippen molar-refractivity contribution >= 4 is 29.5 Å². The molecule has 0 bridgehead atoms. The van der Waals surface area contributed by atoms with Gasteiger partial charge < -0.3 is 30.2 Å². The molecule has 2 heterocycles. The molecule has 15 nitrogen and oxygen atoms in total. The molecule has 3 N–H and O–H groups in total. The van der Waals surface area contributed by atoms with E-state index in [-0.39, 0.29) is 85.8 Å². The van der Waals surface area contributed by atoms with Crippen LogP contribution in [0.4, 0.5) is 0 Å². The van der Waals surface area contributed by atoms with Gasteiger partial charge in [0.15, 0.2) is 0 Å². The lowest BCUT2D eigenvalue weighted by Crippen LogP contribution is -2.49. The molecule has 3 rings (SSSR count). The fourth-order valence-electron chi connectivity index (χ4n) is 5.70. The zero-order valence-corrected chi connectivity index (χ0v) is 28.7. The van der Waals surface area contributed by atoms with Gasteiger partial charge in [0.25, 0.3) is 0 Å². The van der Waals surface area contributed by atoms with Crippen molar-refractivity contribution in [2.45, 2.75) is 104 Å². The molecule has 47 heavy (non-hydrogen) atoms. The van der Waals surface area contributed by atoms with Gasteiger partial charge in [0, 0.05) is 32.4 Å². The monoisotopic (exact) mass is 663 g/mol. The number of carbonyl (C=O) groups excluding carboxylic acids is 5. The molecule has 2 atom stereocenters. The molecule has 0 aromatic carbocycles. The zero-order valence-electron chi connectivity index (χ0n) is 28.7. The second kappa shape index (κ2) is 18.2. The highest BCUT2D eigenvalue weighted by Crippen LogP contribution is 2.30. The summed E-state index contributed by atoms with van der Waals surface area (Å²) < 4.78 is 18.0. The van der Waals surface area contributed by atoms with Crippen LogP contribution in [-0.4, -0.2) is 107 Å². The first-order chi connectivity index (χ1) is 22.3. The molecule has 1 saturated heterocycles. The van der Waals surface area contributed by atoms with Crippen LogP contribution in [0, 0.1) is 17.8 Å². The highest BCUT2D eigenvalue weighted by Gasteiger charge is 2.33. The molecule has 2 unspecified atom stereocenters. The van der Waals surface area contributed by atoms with Crippen molar-refractivity contribution < 1.29 is 38.2 Å². The Hall–Kier alpha value is -3.43. The molecular weight excluding hydrogens is 610 g/mol. The van der Waals surface area contributed by atoms with Crippen LogP contribution in [0.5, 0.6) is 0 Å². The minimum absolute atomic E-state index is 0.0252. The number of carbonyl (C=O) groups is 5. The Morgan fingerprint density at radius 3 is 2.32 bits per heavy atom. The van der Waals surface area contributed by atoms with E-state index in [1.165, 1.54) is 4.90 Å². The lowest BCUT2D eigenvalue weighted by Gasteiger charge is -2.30. The van der Waals surface area contributed by atoms with Crippen molar-refractivity contribution in [1.82, 2.24) is 35.8 Å². The van der Waals surface area contributed by atoms with Crippen LogP contribution in [0.15, 0.2) is 6.20 Å². The molecule has 0 spiro atoms. The maximum atomic E-state index is 12.8. The average molecular weight is 664 g/mol. The number of imide groups is 1. The van der Waals surface area contributed by atoms with Crippen LogP contribution < -0.4 is 16.0 Å². The minimum Gasteiger partial charge on any atom is -0.383 e. The van der Waals surface area contributed by atoms with Gasteiger partial charge in [-0.15, -0.1) is 5.10 Å². The number of hydrogen-bond acceptors (Lipinski definition) is 10. The Kier molecular flexibility index (Phi) is 14.7.